The van der Waals surface area contributed by atoms with Crippen LogP contribution in [-0.2, 0) is 10.0 Å². The van der Waals surface area contributed by atoms with Crippen LogP contribution in [0, 0.1) is 13.8 Å². The molecule has 0 saturated carbocycles. The summed E-state index contributed by atoms with van der Waals surface area (Å²) in [7, 11) is -3.33. The van der Waals surface area contributed by atoms with Crippen LogP contribution < -0.4 is 4.72 Å². The highest BCUT2D eigenvalue weighted by atomic mass is 32.2. The lowest BCUT2D eigenvalue weighted by atomic mass is 10.1. The third kappa shape index (κ3) is 3.97. The predicted octanol–water partition coefficient (Wildman–Crippen LogP) is 3.28. The van der Waals surface area contributed by atoms with Gasteiger partial charge in [0.1, 0.15) is 0 Å². The van der Waals surface area contributed by atoms with Gasteiger partial charge in [-0.1, -0.05) is 0 Å². The monoisotopic (exact) mass is 375 g/mol. The van der Waals surface area contributed by atoms with Crippen molar-refractivity contribution in [3.05, 3.63) is 58.4 Å². The number of sulfonamides is 1. The summed E-state index contributed by atoms with van der Waals surface area (Å²) in [6, 6.07) is 6.31. The molecule has 8 heteroatoms. The highest BCUT2D eigenvalue weighted by Crippen LogP contribution is 2.21. The van der Waals surface area contributed by atoms with Crippen LogP contribution in [0.2, 0.25) is 0 Å². The van der Waals surface area contributed by atoms with Crippen LogP contribution in [0.3, 0.4) is 0 Å². The second-order valence-electron chi connectivity index (χ2n) is 5.73. The smallest absolute Gasteiger partial charge is 0.229 e. The van der Waals surface area contributed by atoms with E-state index in [1.54, 1.807) is 41.7 Å². The third-order valence-corrected chi connectivity index (χ3v) is 5.03. The number of hydrogen-bond donors (Lipinski definition) is 1. The maximum Gasteiger partial charge on any atom is 0.229 e. The molecular formula is C17H17N3O3S2. The quantitative estimate of drug-likeness (QED) is 0.548. The van der Waals surface area contributed by atoms with E-state index in [4.69, 9.17) is 0 Å². The minimum absolute atomic E-state index is 0.160. The Labute approximate surface area is 149 Å². The number of carbonyl (C=O) groups is 1. The zero-order valence-corrected chi connectivity index (χ0v) is 15.6. The minimum atomic E-state index is -3.33. The number of benzene rings is 1. The number of imidazole rings is 1. The van der Waals surface area contributed by atoms with Gasteiger partial charge in [0, 0.05) is 22.3 Å². The molecule has 0 radical (unpaired) electrons. The standard InChI is InChI=1S/C17H17N3O3S2/c1-11-10-20-15(12(2)18-17(20)24-11)8-9-16(21)13-4-6-14(7-5-13)19-25(3,22)23/h4-10,19H,1-3H3. The topological polar surface area (TPSA) is 80.5 Å². The van der Waals surface area contributed by atoms with Gasteiger partial charge in [-0.3, -0.25) is 13.9 Å². The lowest BCUT2D eigenvalue weighted by Gasteiger charge is -2.04. The van der Waals surface area contributed by atoms with E-state index < -0.39 is 10.0 Å². The SMILES string of the molecule is Cc1cn2c(C=CC(=O)c3ccc(NS(C)(=O)=O)cc3)c(C)nc2s1. The second-order valence-corrected chi connectivity index (χ2v) is 8.69. The lowest BCUT2D eigenvalue weighted by molar-refractivity contribution is 0.104. The number of aromatic nitrogens is 2. The van der Waals surface area contributed by atoms with Crippen LogP contribution in [-0.4, -0.2) is 29.8 Å². The summed E-state index contributed by atoms with van der Waals surface area (Å²) in [5.41, 5.74) is 2.64. The Morgan fingerprint density at radius 2 is 1.92 bits per heavy atom. The van der Waals surface area contributed by atoms with Gasteiger partial charge in [0.15, 0.2) is 10.7 Å². The van der Waals surface area contributed by atoms with Crippen molar-refractivity contribution in [3.63, 3.8) is 0 Å². The van der Waals surface area contributed by atoms with E-state index in [-0.39, 0.29) is 5.78 Å². The molecule has 130 valence electrons. The number of fused-ring (bicyclic) bond motifs is 1. The normalized spacial score (nSPS) is 12.1. The van der Waals surface area contributed by atoms with E-state index in [1.807, 2.05) is 24.4 Å². The van der Waals surface area contributed by atoms with E-state index in [0.717, 1.165) is 27.5 Å². The summed E-state index contributed by atoms with van der Waals surface area (Å²) in [5, 5.41) is 0. The van der Waals surface area contributed by atoms with Crippen molar-refractivity contribution in [2.45, 2.75) is 13.8 Å². The average Bonchev–Trinajstić information content (AvgIpc) is 2.99. The Morgan fingerprint density at radius 1 is 1.24 bits per heavy atom. The van der Waals surface area contributed by atoms with Gasteiger partial charge in [-0.15, -0.1) is 11.3 Å². The molecule has 1 aromatic carbocycles. The van der Waals surface area contributed by atoms with Crippen molar-refractivity contribution in [3.8, 4) is 0 Å². The van der Waals surface area contributed by atoms with Crippen LogP contribution in [0.5, 0.6) is 0 Å². The van der Waals surface area contributed by atoms with E-state index in [0.29, 0.717) is 11.3 Å². The number of anilines is 1. The molecule has 0 aliphatic carbocycles. The summed E-state index contributed by atoms with van der Waals surface area (Å²) < 4.78 is 26.7. The maximum atomic E-state index is 12.3. The lowest BCUT2D eigenvalue weighted by Crippen LogP contribution is -2.09. The number of aryl methyl sites for hydroxylation is 2. The summed E-state index contributed by atoms with van der Waals surface area (Å²) >= 11 is 1.60. The van der Waals surface area contributed by atoms with Crippen molar-refractivity contribution < 1.29 is 13.2 Å². The van der Waals surface area contributed by atoms with Crippen molar-refractivity contribution >= 4 is 43.9 Å². The summed E-state index contributed by atoms with van der Waals surface area (Å²) in [5.74, 6) is -0.160. The highest BCUT2D eigenvalue weighted by Gasteiger charge is 2.10. The maximum absolute atomic E-state index is 12.3. The van der Waals surface area contributed by atoms with Gasteiger partial charge in [-0.2, -0.15) is 0 Å². The third-order valence-electron chi connectivity index (χ3n) is 3.53. The molecule has 0 aliphatic heterocycles. The molecule has 0 fully saturated rings. The molecule has 0 spiro atoms. The molecule has 0 aliphatic rings. The number of nitrogens with one attached hydrogen (secondary N) is 1. The van der Waals surface area contributed by atoms with E-state index in [9.17, 15) is 13.2 Å². The van der Waals surface area contributed by atoms with Gasteiger partial charge in [0.25, 0.3) is 0 Å². The fourth-order valence-corrected chi connectivity index (χ4v) is 3.89. The second kappa shape index (κ2) is 6.45. The molecule has 2 aromatic heterocycles. The van der Waals surface area contributed by atoms with Gasteiger partial charge in [-0.05, 0) is 50.3 Å². The van der Waals surface area contributed by atoms with Gasteiger partial charge in [0.05, 0.1) is 17.6 Å². The van der Waals surface area contributed by atoms with Crippen molar-refractivity contribution in [1.29, 1.82) is 0 Å². The molecule has 0 amide bonds. The van der Waals surface area contributed by atoms with Crippen molar-refractivity contribution in [2.24, 2.45) is 0 Å². The Morgan fingerprint density at radius 3 is 2.56 bits per heavy atom. The van der Waals surface area contributed by atoms with Crippen molar-refractivity contribution in [2.75, 3.05) is 11.0 Å². The van der Waals surface area contributed by atoms with Crippen LogP contribution in [0.25, 0.3) is 11.0 Å². The zero-order chi connectivity index (χ0) is 18.2. The molecule has 6 nitrogen and oxygen atoms in total. The summed E-state index contributed by atoms with van der Waals surface area (Å²) in [6.45, 7) is 3.92. The molecule has 0 saturated heterocycles. The number of carbonyl (C=O) groups excluding carboxylic acids is 1. The predicted molar refractivity (Wildman–Crippen MR) is 101 cm³/mol. The number of ketones is 1. The van der Waals surface area contributed by atoms with E-state index in [1.165, 1.54) is 6.08 Å². The van der Waals surface area contributed by atoms with Gasteiger partial charge in [0.2, 0.25) is 10.0 Å². The fraction of sp³-hybridized carbons (Fsp3) is 0.176. The summed E-state index contributed by atoms with van der Waals surface area (Å²) in [4.78, 5) is 18.9. The van der Waals surface area contributed by atoms with Gasteiger partial charge in [-0.25, -0.2) is 13.4 Å². The van der Waals surface area contributed by atoms with E-state index >= 15 is 0 Å². The van der Waals surface area contributed by atoms with Crippen LogP contribution in [0.4, 0.5) is 5.69 Å². The first-order valence-electron chi connectivity index (χ1n) is 7.48. The molecule has 0 unspecified atom stereocenters. The summed E-state index contributed by atoms with van der Waals surface area (Å²) in [6.07, 6.45) is 6.33. The molecule has 2 heterocycles. The number of hydrogen-bond acceptors (Lipinski definition) is 5. The van der Waals surface area contributed by atoms with Gasteiger partial charge >= 0.3 is 0 Å². The molecule has 3 aromatic rings. The first kappa shape index (κ1) is 17.4. The average molecular weight is 375 g/mol. The van der Waals surface area contributed by atoms with Crippen LogP contribution >= 0.6 is 11.3 Å². The van der Waals surface area contributed by atoms with Crippen molar-refractivity contribution in [1.82, 2.24) is 9.38 Å². The Bertz CT molecular complexity index is 1070. The zero-order valence-electron chi connectivity index (χ0n) is 14.0. The minimum Gasteiger partial charge on any atom is -0.290 e. The number of rotatable bonds is 5. The first-order valence-corrected chi connectivity index (χ1v) is 10.2. The number of thiazole rings is 1. The van der Waals surface area contributed by atoms with Gasteiger partial charge < -0.3 is 0 Å². The molecular weight excluding hydrogens is 358 g/mol. The largest absolute Gasteiger partial charge is 0.290 e. The number of nitrogens with zero attached hydrogens (tertiary/aromatic N) is 2. The van der Waals surface area contributed by atoms with E-state index in [2.05, 4.69) is 9.71 Å². The fourth-order valence-electron chi connectivity index (χ4n) is 2.45. The Hall–Kier alpha value is -2.45. The first-order chi connectivity index (χ1) is 11.7. The van der Waals surface area contributed by atoms with Crippen LogP contribution in [0.1, 0.15) is 26.6 Å². The molecule has 1 N–H and O–H groups in total. The molecule has 3 rings (SSSR count). The highest BCUT2D eigenvalue weighted by molar-refractivity contribution is 7.92. The van der Waals surface area contributed by atoms with Crippen LogP contribution in [0.15, 0.2) is 36.5 Å². The Kier molecular flexibility index (Phi) is 4.49. The number of allylic oxidation sites excluding steroid dienone is 1. The Balaban J connectivity index is 1.81. The molecule has 0 atom stereocenters. The molecule has 25 heavy (non-hydrogen) atoms. The molecule has 0 bridgehead atoms.